The molecule has 0 saturated heterocycles. The minimum atomic E-state index is -0.576. The van der Waals surface area contributed by atoms with Crippen LogP contribution in [-0.4, -0.2) is 11.4 Å². The fourth-order valence-corrected chi connectivity index (χ4v) is 1.16. The number of anilines is 1. The standard InChI is InChI=1S/C8H8N2O/c11-8-6-3-1-2-4-7(6)9-5-10-8/h1-5,8,11H,(H,9,10)/p+1. The van der Waals surface area contributed by atoms with Crippen LogP contribution in [0.5, 0.6) is 0 Å². The van der Waals surface area contributed by atoms with Gasteiger partial charge in [-0.3, -0.25) is 4.99 Å². The predicted octanol–water partition coefficient (Wildman–Crippen LogP) is -0.788. The van der Waals surface area contributed by atoms with Crippen LogP contribution in [0.4, 0.5) is 5.69 Å². The zero-order valence-electron chi connectivity index (χ0n) is 5.91. The SMILES string of the molecule is OC1[NH+]=CNc2ccccc21. The molecule has 1 unspecified atom stereocenters. The second-order valence-corrected chi connectivity index (χ2v) is 2.45. The molecule has 1 atom stereocenters. The topological polar surface area (TPSA) is 46.2 Å². The van der Waals surface area contributed by atoms with Gasteiger partial charge in [0.15, 0.2) is 0 Å². The number of hydrogen-bond donors (Lipinski definition) is 3. The normalized spacial score (nSPS) is 20.6. The summed E-state index contributed by atoms with van der Waals surface area (Å²) in [5.41, 5.74) is 1.84. The van der Waals surface area contributed by atoms with Crippen LogP contribution < -0.4 is 10.3 Å². The molecule has 0 amide bonds. The van der Waals surface area contributed by atoms with Crippen molar-refractivity contribution < 1.29 is 10.1 Å². The molecule has 0 aliphatic carbocycles. The van der Waals surface area contributed by atoms with Gasteiger partial charge in [-0.15, -0.1) is 0 Å². The van der Waals surface area contributed by atoms with Crippen molar-refractivity contribution >= 4 is 12.0 Å². The predicted molar refractivity (Wildman–Crippen MR) is 42.1 cm³/mol. The maximum Gasteiger partial charge on any atom is 0.237 e. The Bertz CT molecular complexity index is 296. The van der Waals surface area contributed by atoms with E-state index < -0.39 is 6.23 Å². The van der Waals surface area contributed by atoms with E-state index in [4.69, 9.17) is 0 Å². The molecular formula is C8H9N2O+. The van der Waals surface area contributed by atoms with Crippen LogP contribution in [0, 0.1) is 0 Å². The lowest BCUT2D eigenvalue weighted by atomic mass is 10.1. The molecule has 11 heavy (non-hydrogen) atoms. The number of rotatable bonds is 0. The average Bonchev–Trinajstić information content (AvgIpc) is 2.06. The lowest BCUT2D eigenvalue weighted by Gasteiger charge is -2.10. The smallest absolute Gasteiger partial charge is 0.237 e. The summed E-state index contributed by atoms with van der Waals surface area (Å²) in [4.78, 5) is 2.76. The summed E-state index contributed by atoms with van der Waals surface area (Å²) in [6.45, 7) is 0. The second-order valence-electron chi connectivity index (χ2n) is 2.45. The largest absolute Gasteiger partial charge is 0.352 e. The third-order valence-electron chi connectivity index (χ3n) is 1.72. The molecule has 3 nitrogen and oxygen atoms in total. The van der Waals surface area contributed by atoms with Gasteiger partial charge in [-0.2, -0.15) is 0 Å². The maximum absolute atomic E-state index is 9.38. The molecule has 3 N–H and O–H groups in total. The van der Waals surface area contributed by atoms with Gasteiger partial charge in [-0.1, -0.05) is 12.1 Å². The second kappa shape index (κ2) is 2.36. The van der Waals surface area contributed by atoms with E-state index >= 15 is 0 Å². The first-order chi connectivity index (χ1) is 5.38. The van der Waals surface area contributed by atoms with Crippen molar-refractivity contribution in [3.8, 4) is 0 Å². The van der Waals surface area contributed by atoms with Crippen LogP contribution >= 0.6 is 0 Å². The Morgan fingerprint density at radius 3 is 3.00 bits per heavy atom. The number of aliphatic hydroxyl groups is 1. The van der Waals surface area contributed by atoms with Crippen molar-refractivity contribution in [3.05, 3.63) is 29.8 Å². The van der Waals surface area contributed by atoms with Gasteiger partial charge < -0.3 is 5.11 Å². The molecule has 0 aromatic heterocycles. The number of para-hydroxylation sites is 1. The van der Waals surface area contributed by atoms with Crippen molar-refractivity contribution in [2.45, 2.75) is 6.23 Å². The van der Waals surface area contributed by atoms with Gasteiger partial charge in [-0.05, 0) is 12.1 Å². The van der Waals surface area contributed by atoms with Crippen molar-refractivity contribution in [3.63, 3.8) is 0 Å². The summed E-state index contributed by atoms with van der Waals surface area (Å²) in [6.07, 6.45) is 1.06. The van der Waals surface area contributed by atoms with Crippen LogP contribution in [0.1, 0.15) is 11.8 Å². The molecule has 0 saturated carbocycles. The molecule has 0 spiro atoms. The van der Waals surface area contributed by atoms with Gasteiger partial charge in [0.1, 0.15) is 5.69 Å². The summed E-state index contributed by atoms with van der Waals surface area (Å²) < 4.78 is 0. The van der Waals surface area contributed by atoms with Gasteiger partial charge in [0, 0.05) is 0 Å². The van der Waals surface area contributed by atoms with E-state index in [1.807, 2.05) is 24.3 Å². The molecule has 1 aromatic rings. The van der Waals surface area contributed by atoms with E-state index in [9.17, 15) is 5.11 Å². The number of hydrogen-bond acceptors (Lipinski definition) is 2. The Labute approximate surface area is 64.4 Å². The Hall–Kier alpha value is -1.35. The monoisotopic (exact) mass is 149 g/mol. The molecule has 0 radical (unpaired) electrons. The average molecular weight is 149 g/mol. The molecule has 2 rings (SSSR count). The minimum absolute atomic E-state index is 0.576. The van der Waals surface area contributed by atoms with E-state index in [2.05, 4.69) is 10.3 Å². The van der Waals surface area contributed by atoms with Crippen LogP contribution in [0.25, 0.3) is 0 Å². The van der Waals surface area contributed by atoms with Crippen molar-refractivity contribution in [1.82, 2.24) is 0 Å². The van der Waals surface area contributed by atoms with E-state index in [1.165, 1.54) is 0 Å². The minimum Gasteiger partial charge on any atom is -0.352 e. The fourth-order valence-electron chi connectivity index (χ4n) is 1.16. The first-order valence-corrected chi connectivity index (χ1v) is 3.49. The summed E-state index contributed by atoms with van der Waals surface area (Å²) in [5, 5.41) is 12.4. The summed E-state index contributed by atoms with van der Waals surface area (Å²) in [5.74, 6) is 0. The van der Waals surface area contributed by atoms with E-state index in [0.29, 0.717) is 0 Å². The zero-order valence-corrected chi connectivity index (χ0v) is 5.91. The van der Waals surface area contributed by atoms with E-state index in [1.54, 1.807) is 6.34 Å². The Morgan fingerprint density at radius 2 is 2.18 bits per heavy atom. The molecular weight excluding hydrogens is 140 g/mol. The number of fused-ring (bicyclic) bond motifs is 1. The summed E-state index contributed by atoms with van der Waals surface area (Å²) in [7, 11) is 0. The maximum atomic E-state index is 9.38. The summed E-state index contributed by atoms with van der Waals surface area (Å²) >= 11 is 0. The van der Waals surface area contributed by atoms with Crippen LogP contribution in [-0.2, 0) is 0 Å². The zero-order chi connectivity index (χ0) is 7.68. The highest BCUT2D eigenvalue weighted by Gasteiger charge is 2.17. The third kappa shape index (κ3) is 0.991. The van der Waals surface area contributed by atoms with Crippen LogP contribution in [0.2, 0.25) is 0 Å². The quantitative estimate of drug-likeness (QED) is 0.453. The lowest BCUT2D eigenvalue weighted by molar-refractivity contribution is -0.560. The molecule has 1 aromatic carbocycles. The van der Waals surface area contributed by atoms with Gasteiger partial charge in [-0.25, -0.2) is 5.32 Å². The van der Waals surface area contributed by atoms with E-state index in [-0.39, 0.29) is 0 Å². The molecule has 56 valence electrons. The highest BCUT2D eigenvalue weighted by atomic mass is 16.3. The van der Waals surface area contributed by atoms with Crippen molar-refractivity contribution in [1.29, 1.82) is 0 Å². The Kier molecular flexibility index (Phi) is 1.36. The highest BCUT2D eigenvalue weighted by Crippen LogP contribution is 2.18. The first-order valence-electron chi connectivity index (χ1n) is 3.49. The first kappa shape index (κ1) is 6.37. The molecule has 0 fully saturated rings. The molecule has 0 bridgehead atoms. The van der Waals surface area contributed by atoms with Crippen LogP contribution in [0.15, 0.2) is 24.3 Å². The summed E-state index contributed by atoms with van der Waals surface area (Å²) in [6, 6.07) is 7.64. The van der Waals surface area contributed by atoms with Gasteiger partial charge >= 0.3 is 0 Å². The van der Waals surface area contributed by atoms with Gasteiger partial charge in [0.25, 0.3) is 0 Å². The Morgan fingerprint density at radius 1 is 1.36 bits per heavy atom. The number of benzene rings is 1. The number of nitrogens with one attached hydrogen (secondary N) is 2. The molecule has 1 aliphatic heterocycles. The third-order valence-corrected chi connectivity index (χ3v) is 1.72. The van der Waals surface area contributed by atoms with E-state index in [0.717, 1.165) is 11.3 Å². The fraction of sp³-hybridized carbons (Fsp3) is 0.125. The Balaban J connectivity index is 2.50. The molecule has 1 aliphatic rings. The number of aliphatic hydroxyl groups excluding tert-OH is 1. The van der Waals surface area contributed by atoms with Crippen molar-refractivity contribution in [2.75, 3.05) is 5.32 Å². The lowest BCUT2D eigenvalue weighted by Crippen LogP contribution is -2.73. The highest BCUT2D eigenvalue weighted by molar-refractivity contribution is 5.75. The molecule has 3 heteroatoms. The van der Waals surface area contributed by atoms with Crippen molar-refractivity contribution in [2.24, 2.45) is 0 Å². The van der Waals surface area contributed by atoms with Gasteiger partial charge in [0.05, 0.1) is 5.56 Å². The van der Waals surface area contributed by atoms with Gasteiger partial charge in [0.2, 0.25) is 12.6 Å². The van der Waals surface area contributed by atoms with Crippen LogP contribution in [0.3, 0.4) is 0 Å². The molecule has 1 heterocycles.